The highest BCUT2D eigenvalue weighted by Crippen LogP contribution is 2.27. The fourth-order valence-corrected chi connectivity index (χ4v) is 4.14. The first kappa shape index (κ1) is 22.5. The van der Waals surface area contributed by atoms with E-state index in [0.29, 0.717) is 17.4 Å². The first-order chi connectivity index (χ1) is 15.9. The van der Waals surface area contributed by atoms with Crippen molar-refractivity contribution in [2.75, 3.05) is 16.8 Å². The Morgan fingerprint density at radius 3 is 2.67 bits per heavy atom. The van der Waals surface area contributed by atoms with E-state index in [9.17, 15) is 14.9 Å². The molecule has 0 spiro atoms. The zero-order chi connectivity index (χ0) is 23.4. The fraction of sp³-hybridized carbons (Fsp3) is 0.250. The predicted octanol–water partition coefficient (Wildman–Crippen LogP) is 5.36. The number of piperidine rings is 1. The lowest BCUT2D eigenvalue weighted by atomic mass is 10.0. The third-order valence-corrected chi connectivity index (χ3v) is 5.86. The summed E-state index contributed by atoms with van der Waals surface area (Å²) < 4.78 is 5.58. The second kappa shape index (κ2) is 9.83. The van der Waals surface area contributed by atoms with Crippen LogP contribution in [0.25, 0.3) is 11.3 Å². The molecule has 33 heavy (non-hydrogen) atoms. The Bertz CT molecular complexity index is 1180. The molecular formula is C24H24N4O4S. The normalized spacial score (nSPS) is 15.7. The Morgan fingerprint density at radius 1 is 1.15 bits per heavy atom. The Balaban J connectivity index is 1.36. The van der Waals surface area contributed by atoms with E-state index in [2.05, 4.69) is 22.5 Å². The van der Waals surface area contributed by atoms with Crippen LogP contribution >= 0.6 is 12.2 Å². The number of furan rings is 1. The lowest BCUT2D eigenvalue weighted by Gasteiger charge is -2.35. The van der Waals surface area contributed by atoms with Crippen LogP contribution in [0.3, 0.4) is 0 Å². The molecule has 2 heterocycles. The van der Waals surface area contributed by atoms with Gasteiger partial charge >= 0.3 is 0 Å². The fourth-order valence-electron chi connectivity index (χ4n) is 3.93. The molecule has 9 heteroatoms. The van der Waals surface area contributed by atoms with Crippen molar-refractivity contribution in [1.29, 1.82) is 0 Å². The van der Waals surface area contributed by atoms with Crippen molar-refractivity contribution in [1.82, 2.24) is 5.32 Å². The summed E-state index contributed by atoms with van der Waals surface area (Å²) in [5.74, 6) is -0.108. The van der Waals surface area contributed by atoms with E-state index >= 15 is 0 Å². The van der Waals surface area contributed by atoms with Gasteiger partial charge in [0.1, 0.15) is 5.76 Å². The molecule has 1 saturated heterocycles. The van der Waals surface area contributed by atoms with E-state index in [1.54, 1.807) is 18.2 Å². The molecule has 1 fully saturated rings. The molecule has 2 aromatic carbocycles. The third-order valence-electron chi connectivity index (χ3n) is 5.66. The van der Waals surface area contributed by atoms with Gasteiger partial charge in [0.05, 0.1) is 4.92 Å². The second-order valence-corrected chi connectivity index (χ2v) is 8.37. The highest BCUT2D eigenvalue weighted by molar-refractivity contribution is 7.80. The highest BCUT2D eigenvalue weighted by Gasteiger charge is 2.19. The minimum atomic E-state index is -0.511. The number of nitro benzene ring substituents is 1. The number of thiocarbonyl (C=S) groups is 1. The number of benzene rings is 2. The van der Waals surface area contributed by atoms with Crippen LogP contribution in [0.5, 0.6) is 0 Å². The van der Waals surface area contributed by atoms with Gasteiger partial charge in [-0.15, -0.1) is 0 Å². The number of carbonyl (C=O) groups excluding carboxylic acids is 1. The van der Waals surface area contributed by atoms with Crippen LogP contribution in [0.1, 0.15) is 36.7 Å². The van der Waals surface area contributed by atoms with Gasteiger partial charge in [-0.3, -0.25) is 20.2 Å². The standard InChI is InChI=1S/C24H24N4O4S/c1-16-5-2-3-14-27(16)19-10-8-18(9-11-19)25-24(33)26-23(29)22-13-12-21(32-22)17-6-4-7-20(15-17)28(30)31/h4,6-13,15-16H,2-3,5,14H2,1H3,(H2,25,26,29,33)/t16-/m1/s1. The molecule has 3 aromatic rings. The van der Waals surface area contributed by atoms with Crippen molar-refractivity contribution < 1.29 is 14.1 Å². The maximum Gasteiger partial charge on any atom is 0.293 e. The first-order valence-corrected chi connectivity index (χ1v) is 11.2. The van der Waals surface area contributed by atoms with Crippen LogP contribution in [0, 0.1) is 10.1 Å². The number of anilines is 2. The molecule has 0 radical (unpaired) electrons. The molecule has 0 saturated carbocycles. The van der Waals surface area contributed by atoms with Gasteiger partial charge in [0.15, 0.2) is 10.9 Å². The molecule has 1 aliphatic rings. The maximum atomic E-state index is 12.5. The number of nitrogens with zero attached hydrogens (tertiary/aromatic N) is 2. The number of non-ortho nitro benzene ring substituents is 1. The molecule has 2 N–H and O–H groups in total. The van der Waals surface area contributed by atoms with Crippen LogP contribution in [-0.4, -0.2) is 28.5 Å². The first-order valence-electron chi connectivity index (χ1n) is 10.7. The third kappa shape index (κ3) is 5.38. The SMILES string of the molecule is C[C@@H]1CCCCN1c1ccc(NC(=S)NC(=O)c2ccc(-c3cccc([N+](=O)[O-])c3)o2)cc1. The average Bonchev–Trinajstić information content (AvgIpc) is 3.31. The van der Waals surface area contributed by atoms with Crippen LogP contribution < -0.4 is 15.5 Å². The number of hydrogen-bond acceptors (Lipinski definition) is 6. The van der Waals surface area contributed by atoms with Gasteiger partial charge in [-0.1, -0.05) is 12.1 Å². The monoisotopic (exact) mass is 464 g/mol. The van der Waals surface area contributed by atoms with E-state index in [1.165, 1.54) is 43.1 Å². The van der Waals surface area contributed by atoms with Gasteiger partial charge in [-0.25, -0.2) is 0 Å². The van der Waals surface area contributed by atoms with Crippen molar-refractivity contribution in [3.05, 3.63) is 76.5 Å². The summed E-state index contributed by atoms with van der Waals surface area (Å²) in [6, 6.07) is 17.6. The Kier molecular flexibility index (Phi) is 6.69. The summed E-state index contributed by atoms with van der Waals surface area (Å²) in [5, 5.41) is 16.7. The molecule has 170 valence electrons. The van der Waals surface area contributed by atoms with Crippen molar-refractivity contribution in [3.63, 3.8) is 0 Å². The van der Waals surface area contributed by atoms with E-state index in [1.807, 2.05) is 24.3 Å². The molecule has 1 aromatic heterocycles. The predicted molar refractivity (Wildman–Crippen MR) is 132 cm³/mol. The van der Waals surface area contributed by atoms with Crippen molar-refractivity contribution in [2.24, 2.45) is 0 Å². The lowest BCUT2D eigenvalue weighted by molar-refractivity contribution is -0.384. The van der Waals surface area contributed by atoms with Gasteiger partial charge in [-0.2, -0.15) is 0 Å². The second-order valence-electron chi connectivity index (χ2n) is 7.96. The molecule has 0 unspecified atom stereocenters. The summed E-state index contributed by atoms with van der Waals surface area (Å²) in [5.41, 5.74) is 2.39. The molecular weight excluding hydrogens is 440 g/mol. The molecule has 1 amide bonds. The summed E-state index contributed by atoms with van der Waals surface area (Å²) in [6.45, 7) is 3.30. The minimum absolute atomic E-state index is 0.0510. The lowest BCUT2D eigenvalue weighted by Crippen LogP contribution is -2.37. The smallest absolute Gasteiger partial charge is 0.293 e. The maximum absolute atomic E-state index is 12.5. The van der Waals surface area contributed by atoms with E-state index in [-0.39, 0.29) is 16.6 Å². The number of hydrogen-bond donors (Lipinski definition) is 2. The number of rotatable bonds is 5. The molecule has 4 rings (SSSR count). The number of nitro groups is 1. The topological polar surface area (TPSA) is 101 Å². The Hall–Kier alpha value is -3.72. The van der Waals surface area contributed by atoms with Gasteiger partial charge in [0, 0.05) is 41.7 Å². The average molecular weight is 465 g/mol. The number of amides is 1. The Morgan fingerprint density at radius 2 is 1.94 bits per heavy atom. The van der Waals surface area contributed by atoms with Crippen LogP contribution in [0.2, 0.25) is 0 Å². The Labute approximate surface area is 196 Å². The van der Waals surface area contributed by atoms with Gasteiger partial charge < -0.3 is 14.6 Å². The number of nitrogens with one attached hydrogen (secondary N) is 2. The molecule has 0 aliphatic carbocycles. The summed E-state index contributed by atoms with van der Waals surface area (Å²) in [6.07, 6.45) is 3.68. The molecule has 0 bridgehead atoms. The van der Waals surface area contributed by atoms with Gasteiger partial charge in [0.25, 0.3) is 11.6 Å². The van der Waals surface area contributed by atoms with E-state index < -0.39 is 10.8 Å². The largest absolute Gasteiger partial charge is 0.451 e. The van der Waals surface area contributed by atoms with Crippen LogP contribution in [0.15, 0.2) is 65.1 Å². The zero-order valence-corrected chi connectivity index (χ0v) is 18.9. The minimum Gasteiger partial charge on any atom is -0.451 e. The van der Waals surface area contributed by atoms with Crippen molar-refractivity contribution >= 4 is 40.3 Å². The number of carbonyl (C=O) groups is 1. The van der Waals surface area contributed by atoms with Gasteiger partial charge in [-0.05, 0) is 74.8 Å². The molecule has 1 atom stereocenters. The summed E-state index contributed by atoms with van der Waals surface area (Å²) in [7, 11) is 0. The summed E-state index contributed by atoms with van der Waals surface area (Å²) >= 11 is 5.26. The summed E-state index contributed by atoms with van der Waals surface area (Å²) in [4.78, 5) is 25.4. The van der Waals surface area contributed by atoms with Crippen molar-refractivity contribution in [2.45, 2.75) is 32.2 Å². The van der Waals surface area contributed by atoms with Gasteiger partial charge in [0.2, 0.25) is 0 Å². The van der Waals surface area contributed by atoms with Crippen LogP contribution in [-0.2, 0) is 0 Å². The molecule has 1 aliphatic heterocycles. The van der Waals surface area contributed by atoms with E-state index in [4.69, 9.17) is 16.6 Å². The molecule has 8 nitrogen and oxygen atoms in total. The van der Waals surface area contributed by atoms with Crippen LogP contribution in [0.4, 0.5) is 17.1 Å². The van der Waals surface area contributed by atoms with Crippen molar-refractivity contribution in [3.8, 4) is 11.3 Å². The quantitative estimate of drug-likeness (QED) is 0.298. The highest BCUT2D eigenvalue weighted by atomic mass is 32.1. The zero-order valence-electron chi connectivity index (χ0n) is 18.1. The van der Waals surface area contributed by atoms with E-state index in [0.717, 1.165) is 12.2 Å².